The summed E-state index contributed by atoms with van der Waals surface area (Å²) in [7, 11) is 1.63. The number of methoxy groups -OCH3 is 1. The summed E-state index contributed by atoms with van der Waals surface area (Å²) in [6.45, 7) is 0. The highest BCUT2D eigenvalue weighted by Crippen LogP contribution is 2.36. The number of benzene rings is 2. The van der Waals surface area contributed by atoms with Crippen LogP contribution < -0.4 is 10.1 Å². The Morgan fingerprint density at radius 2 is 1.96 bits per heavy atom. The molecule has 0 unspecified atom stereocenters. The summed E-state index contributed by atoms with van der Waals surface area (Å²) in [5.74, 6) is 0.0426. The topological polar surface area (TPSA) is 75.6 Å². The van der Waals surface area contributed by atoms with E-state index >= 15 is 0 Å². The molecule has 0 atom stereocenters. The molecular weight excluding hydrogens is 330 g/mol. The molecule has 1 aliphatic rings. The number of para-hydroxylation sites is 2. The van der Waals surface area contributed by atoms with Crippen LogP contribution in [0.15, 0.2) is 48.5 Å². The predicted molar refractivity (Wildman–Crippen MR) is 100 cm³/mol. The zero-order chi connectivity index (χ0) is 18.5. The first-order valence-electron chi connectivity index (χ1n) is 8.55. The Kier molecular flexibility index (Phi) is 5.37. The van der Waals surface area contributed by atoms with Crippen LogP contribution in [0.3, 0.4) is 0 Å². The molecule has 26 heavy (non-hydrogen) atoms. The van der Waals surface area contributed by atoms with E-state index in [4.69, 9.17) is 4.74 Å². The average molecular weight is 351 g/mol. The van der Waals surface area contributed by atoms with Gasteiger partial charge in [-0.1, -0.05) is 30.3 Å². The van der Waals surface area contributed by atoms with Gasteiger partial charge in [0.15, 0.2) is 0 Å². The Morgan fingerprint density at radius 1 is 1.19 bits per heavy atom. The number of rotatable bonds is 7. The van der Waals surface area contributed by atoms with Crippen molar-refractivity contribution in [2.24, 2.45) is 5.92 Å². The zero-order valence-corrected chi connectivity index (χ0v) is 14.6. The van der Waals surface area contributed by atoms with E-state index in [0.717, 1.165) is 29.2 Å². The van der Waals surface area contributed by atoms with Crippen molar-refractivity contribution < 1.29 is 19.4 Å². The van der Waals surface area contributed by atoms with Gasteiger partial charge in [0.25, 0.3) is 0 Å². The molecule has 0 aromatic heterocycles. The van der Waals surface area contributed by atoms with Crippen molar-refractivity contribution in [2.45, 2.75) is 19.3 Å². The molecular formula is C21H21NO4. The molecule has 2 N–H and O–H groups in total. The van der Waals surface area contributed by atoms with Gasteiger partial charge in [-0.05, 0) is 49.0 Å². The third-order valence-electron chi connectivity index (χ3n) is 4.37. The molecule has 134 valence electrons. The minimum absolute atomic E-state index is 0.0539. The largest absolute Gasteiger partial charge is 0.496 e. The van der Waals surface area contributed by atoms with Gasteiger partial charge in [0.1, 0.15) is 5.75 Å². The van der Waals surface area contributed by atoms with Crippen LogP contribution in [-0.4, -0.2) is 24.1 Å². The maximum absolute atomic E-state index is 12.2. The molecule has 0 aliphatic heterocycles. The van der Waals surface area contributed by atoms with Crippen molar-refractivity contribution in [1.29, 1.82) is 0 Å². The SMILES string of the molecule is COc1c(/C=C/C(=O)Nc2ccccc2C(=O)O)cccc1CC1CC1. The molecule has 2 aromatic carbocycles. The van der Waals surface area contributed by atoms with Crippen molar-refractivity contribution in [3.63, 3.8) is 0 Å². The molecule has 0 bridgehead atoms. The lowest BCUT2D eigenvalue weighted by molar-refractivity contribution is -0.111. The normalized spacial score (nSPS) is 13.6. The van der Waals surface area contributed by atoms with Gasteiger partial charge in [0.05, 0.1) is 18.4 Å². The number of carboxylic acids is 1. The molecule has 1 aliphatic carbocycles. The number of carboxylic acid groups (broad SMARTS) is 1. The highest BCUT2D eigenvalue weighted by Gasteiger charge is 2.23. The standard InChI is InChI=1S/C21H21NO4/c1-26-20-15(5-4-6-16(20)13-14-9-10-14)11-12-19(23)22-18-8-3-2-7-17(18)21(24)25/h2-8,11-12,14H,9-10,13H2,1H3,(H,22,23)(H,24,25)/b12-11+. The van der Waals surface area contributed by atoms with Gasteiger partial charge in [-0.2, -0.15) is 0 Å². The fourth-order valence-electron chi connectivity index (χ4n) is 2.90. The van der Waals surface area contributed by atoms with Crippen LogP contribution >= 0.6 is 0 Å². The van der Waals surface area contributed by atoms with Crippen molar-refractivity contribution in [2.75, 3.05) is 12.4 Å². The summed E-state index contributed by atoms with van der Waals surface area (Å²) in [6, 6.07) is 12.2. The Morgan fingerprint density at radius 3 is 2.65 bits per heavy atom. The van der Waals surface area contributed by atoms with Gasteiger partial charge >= 0.3 is 5.97 Å². The predicted octanol–water partition coefficient (Wildman–Crippen LogP) is 4.00. The van der Waals surface area contributed by atoms with Crippen molar-refractivity contribution >= 4 is 23.6 Å². The lowest BCUT2D eigenvalue weighted by Crippen LogP contribution is -2.11. The van der Waals surface area contributed by atoms with E-state index in [9.17, 15) is 14.7 Å². The van der Waals surface area contributed by atoms with Gasteiger partial charge in [0.2, 0.25) is 5.91 Å². The minimum atomic E-state index is -1.08. The summed E-state index contributed by atoms with van der Waals surface area (Å²) in [5.41, 5.74) is 2.29. The minimum Gasteiger partial charge on any atom is -0.496 e. The van der Waals surface area contributed by atoms with E-state index in [2.05, 4.69) is 11.4 Å². The van der Waals surface area contributed by atoms with E-state index in [0.29, 0.717) is 0 Å². The fraction of sp³-hybridized carbons (Fsp3) is 0.238. The Hall–Kier alpha value is -3.08. The number of hydrogen-bond acceptors (Lipinski definition) is 3. The maximum Gasteiger partial charge on any atom is 0.337 e. The number of ether oxygens (including phenoxy) is 1. The Bertz CT molecular complexity index is 853. The molecule has 1 saturated carbocycles. The summed E-state index contributed by atoms with van der Waals surface area (Å²) < 4.78 is 5.55. The van der Waals surface area contributed by atoms with Crippen molar-refractivity contribution in [3.05, 3.63) is 65.2 Å². The first-order valence-corrected chi connectivity index (χ1v) is 8.55. The lowest BCUT2D eigenvalue weighted by Gasteiger charge is -2.11. The Balaban J connectivity index is 1.75. The van der Waals surface area contributed by atoms with E-state index in [1.807, 2.05) is 12.1 Å². The number of amides is 1. The van der Waals surface area contributed by atoms with Crippen LogP contribution in [0.4, 0.5) is 5.69 Å². The van der Waals surface area contributed by atoms with Crippen LogP contribution in [-0.2, 0) is 11.2 Å². The van der Waals surface area contributed by atoms with Gasteiger partial charge in [-0.3, -0.25) is 4.79 Å². The fourth-order valence-corrected chi connectivity index (χ4v) is 2.90. The zero-order valence-electron chi connectivity index (χ0n) is 14.6. The summed E-state index contributed by atoms with van der Waals surface area (Å²) in [4.78, 5) is 23.4. The Labute approximate surface area is 152 Å². The van der Waals surface area contributed by atoms with Crippen molar-refractivity contribution in [1.82, 2.24) is 0 Å². The van der Waals surface area contributed by atoms with Crippen molar-refractivity contribution in [3.8, 4) is 5.75 Å². The summed E-state index contributed by atoms with van der Waals surface area (Å²) in [6.07, 6.45) is 6.58. The molecule has 0 radical (unpaired) electrons. The summed E-state index contributed by atoms with van der Waals surface area (Å²) >= 11 is 0. The van der Waals surface area contributed by atoms with E-state index in [1.165, 1.54) is 25.0 Å². The first-order chi connectivity index (χ1) is 12.6. The van der Waals surface area contributed by atoms with Crippen LogP contribution in [0, 0.1) is 5.92 Å². The molecule has 0 spiro atoms. The second-order valence-corrected chi connectivity index (χ2v) is 6.36. The number of carbonyl (C=O) groups is 2. The number of aromatic carboxylic acids is 1. The van der Waals surface area contributed by atoms with Gasteiger partial charge in [-0.25, -0.2) is 4.79 Å². The smallest absolute Gasteiger partial charge is 0.337 e. The van der Waals surface area contributed by atoms with E-state index < -0.39 is 11.9 Å². The molecule has 2 aromatic rings. The quantitative estimate of drug-likeness (QED) is 0.740. The molecule has 5 nitrogen and oxygen atoms in total. The molecule has 0 saturated heterocycles. The highest BCUT2D eigenvalue weighted by atomic mass is 16.5. The number of nitrogens with one attached hydrogen (secondary N) is 1. The lowest BCUT2D eigenvalue weighted by atomic mass is 10.0. The molecule has 1 fully saturated rings. The molecule has 0 heterocycles. The van der Waals surface area contributed by atoms with Gasteiger partial charge in [0, 0.05) is 11.6 Å². The monoisotopic (exact) mass is 351 g/mol. The van der Waals surface area contributed by atoms with Crippen LogP contribution in [0.25, 0.3) is 6.08 Å². The van der Waals surface area contributed by atoms with E-state index in [1.54, 1.807) is 31.4 Å². The van der Waals surface area contributed by atoms with Crippen LogP contribution in [0.5, 0.6) is 5.75 Å². The number of hydrogen-bond donors (Lipinski definition) is 2. The third-order valence-corrected chi connectivity index (χ3v) is 4.37. The molecule has 3 rings (SSSR count). The number of carbonyl (C=O) groups excluding carboxylic acids is 1. The van der Waals surface area contributed by atoms with Crippen LogP contribution in [0.2, 0.25) is 0 Å². The van der Waals surface area contributed by atoms with Gasteiger partial charge in [-0.15, -0.1) is 0 Å². The maximum atomic E-state index is 12.2. The van der Waals surface area contributed by atoms with E-state index in [-0.39, 0.29) is 11.3 Å². The average Bonchev–Trinajstić information content (AvgIpc) is 3.44. The second kappa shape index (κ2) is 7.87. The summed E-state index contributed by atoms with van der Waals surface area (Å²) in [5, 5.41) is 11.8. The van der Waals surface area contributed by atoms with Crippen LogP contribution in [0.1, 0.15) is 34.3 Å². The highest BCUT2D eigenvalue weighted by molar-refractivity contribution is 6.06. The molecule has 1 amide bonds. The van der Waals surface area contributed by atoms with Gasteiger partial charge < -0.3 is 15.2 Å². The number of anilines is 1. The second-order valence-electron chi connectivity index (χ2n) is 6.36. The molecule has 5 heteroatoms. The third kappa shape index (κ3) is 4.30. The first kappa shape index (κ1) is 17.7.